The molecule has 0 aliphatic rings. The maximum atomic E-state index is 6.14. The number of halogens is 2. The standard InChI is InChI=1S/C12H10Cl2N2S2/c13-9-5-7(12(15)17)1-3-10(9)16-6-8-2-4-11(14)18-8/h1-5,16H,6H2,(H2,15,17). The number of hydrogen-bond acceptors (Lipinski definition) is 3. The molecule has 0 saturated heterocycles. The quantitative estimate of drug-likeness (QED) is 0.826. The Morgan fingerprint density at radius 3 is 2.61 bits per heavy atom. The van der Waals surface area contributed by atoms with E-state index in [0.29, 0.717) is 16.6 Å². The van der Waals surface area contributed by atoms with Gasteiger partial charge in [-0.1, -0.05) is 35.4 Å². The van der Waals surface area contributed by atoms with Gasteiger partial charge in [-0.25, -0.2) is 0 Å². The van der Waals surface area contributed by atoms with Crippen LogP contribution in [0.1, 0.15) is 10.4 Å². The number of nitrogens with two attached hydrogens (primary N) is 1. The Labute approximate surface area is 125 Å². The molecule has 0 spiro atoms. The van der Waals surface area contributed by atoms with E-state index in [9.17, 15) is 0 Å². The van der Waals surface area contributed by atoms with Gasteiger partial charge >= 0.3 is 0 Å². The van der Waals surface area contributed by atoms with Gasteiger partial charge in [0.05, 0.1) is 15.0 Å². The van der Waals surface area contributed by atoms with Gasteiger partial charge in [-0.3, -0.25) is 0 Å². The van der Waals surface area contributed by atoms with Crippen molar-refractivity contribution < 1.29 is 0 Å². The molecule has 0 radical (unpaired) electrons. The van der Waals surface area contributed by atoms with E-state index in [-0.39, 0.29) is 0 Å². The van der Waals surface area contributed by atoms with Gasteiger partial charge in [0.1, 0.15) is 4.99 Å². The first-order valence-electron chi connectivity index (χ1n) is 5.13. The van der Waals surface area contributed by atoms with Crippen LogP contribution in [0.2, 0.25) is 9.36 Å². The van der Waals surface area contributed by atoms with Gasteiger partial charge in [0.15, 0.2) is 0 Å². The summed E-state index contributed by atoms with van der Waals surface area (Å²) in [6, 6.07) is 9.33. The molecule has 0 saturated carbocycles. The summed E-state index contributed by atoms with van der Waals surface area (Å²) in [5, 5.41) is 3.84. The van der Waals surface area contributed by atoms with E-state index in [2.05, 4.69) is 5.32 Å². The minimum absolute atomic E-state index is 0.341. The highest BCUT2D eigenvalue weighted by atomic mass is 35.5. The fraction of sp³-hybridized carbons (Fsp3) is 0.0833. The van der Waals surface area contributed by atoms with E-state index < -0.39 is 0 Å². The fourth-order valence-electron chi connectivity index (χ4n) is 1.44. The summed E-state index contributed by atoms with van der Waals surface area (Å²) >= 11 is 18.4. The molecule has 0 unspecified atom stereocenters. The second-order valence-corrected chi connectivity index (χ2v) is 6.26. The lowest BCUT2D eigenvalue weighted by molar-refractivity contribution is 1.19. The maximum Gasteiger partial charge on any atom is 0.104 e. The van der Waals surface area contributed by atoms with Gasteiger partial charge in [-0.15, -0.1) is 11.3 Å². The van der Waals surface area contributed by atoms with Crippen molar-refractivity contribution in [3.8, 4) is 0 Å². The molecule has 0 atom stereocenters. The van der Waals surface area contributed by atoms with Gasteiger partial charge < -0.3 is 11.1 Å². The molecule has 3 N–H and O–H groups in total. The number of benzene rings is 1. The van der Waals surface area contributed by atoms with E-state index in [0.717, 1.165) is 20.5 Å². The van der Waals surface area contributed by atoms with Crippen LogP contribution in [0.5, 0.6) is 0 Å². The van der Waals surface area contributed by atoms with Gasteiger partial charge in [-0.05, 0) is 30.3 Å². The zero-order valence-corrected chi connectivity index (χ0v) is 12.4. The lowest BCUT2D eigenvalue weighted by Gasteiger charge is -2.08. The molecule has 2 aromatic rings. The predicted molar refractivity (Wildman–Crippen MR) is 84.0 cm³/mol. The second-order valence-electron chi connectivity index (χ2n) is 3.62. The van der Waals surface area contributed by atoms with Gasteiger partial charge in [0.25, 0.3) is 0 Å². The Hall–Kier alpha value is -0.810. The van der Waals surface area contributed by atoms with Gasteiger partial charge in [0, 0.05) is 17.0 Å². The monoisotopic (exact) mass is 316 g/mol. The zero-order valence-electron chi connectivity index (χ0n) is 9.24. The van der Waals surface area contributed by atoms with Crippen LogP contribution in [-0.4, -0.2) is 4.99 Å². The Bertz CT molecular complexity index is 581. The second kappa shape index (κ2) is 5.89. The van der Waals surface area contributed by atoms with Crippen LogP contribution in [0.15, 0.2) is 30.3 Å². The predicted octanol–water partition coefficient (Wildman–Crippen LogP) is 4.30. The molecule has 6 heteroatoms. The summed E-state index contributed by atoms with van der Waals surface area (Å²) in [7, 11) is 0. The van der Waals surface area contributed by atoms with Crippen molar-refractivity contribution in [3.05, 3.63) is 50.1 Å². The summed E-state index contributed by atoms with van der Waals surface area (Å²) in [5.74, 6) is 0. The number of nitrogens with one attached hydrogen (secondary N) is 1. The first-order valence-corrected chi connectivity index (χ1v) is 7.12. The summed E-state index contributed by atoms with van der Waals surface area (Å²) in [6.07, 6.45) is 0. The average Bonchev–Trinajstić information content (AvgIpc) is 2.73. The molecule has 0 bridgehead atoms. The van der Waals surface area contributed by atoms with Crippen molar-refractivity contribution in [2.45, 2.75) is 6.54 Å². The summed E-state index contributed by atoms with van der Waals surface area (Å²) in [5.41, 5.74) is 7.15. The average molecular weight is 317 g/mol. The number of thiocarbonyl (C=S) groups is 1. The van der Waals surface area contributed by atoms with E-state index >= 15 is 0 Å². The molecule has 1 aromatic carbocycles. The molecule has 94 valence electrons. The van der Waals surface area contributed by atoms with Crippen molar-refractivity contribution >= 4 is 57.4 Å². The van der Waals surface area contributed by atoms with Crippen molar-refractivity contribution in [3.63, 3.8) is 0 Å². The van der Waals surface area contributed by atoms with Crippen LogP contribution < -0.4 is 11.1 Å². The molecule has 0 fully saturated rings. The molecule has 0 aliphatic carbocycles. The van der Waals surface area contributed by atoms with E-state index in [1.54, 1.807) is 6.07 Å². The first-order chi connectivity index (χ1) is 8.56. The highest BCUT2D eigenvalue weighted by Gasteiger charge is 2.04. The molecule has 1 aromatic heterocycles. The Morgan fingerprint density at radius 1 is 1.28 bits per heavy atom. The molecule has 18 heavy (non-hydrogen) atoms. The molecule has 2 rings (SSSR count). The van der Waals surface area contributed by atoms with Gasteiger partial charge in [0.2, 0.25) is 0 Å². The SMILES string of the molecule is NC(=S)c1ccc(NCc2ccc(Cl)s2)c(Cl)c1. The van der Waals surface area contributed by atoms with E-state index in [1.165, 1.54) is 11.3 Å². The summed E-state index contributed by atoms with van der Waals surface area (Å²) < 4.78 is 0.779. The first kappa shape index (κ1) is 13.6. The normalized spacial score (nSPS) is 10.3. The Kier molecular flexibility index (Phi) is 4.45. The minimum Gasteiger partial charge on any atom is -0.389 e. The third kappa shape index (κ3) is 3.36. The van der Waals surface area contributed by atoms with Crippen LogP contribution in [0, 0.1) is 0 Å². The zero-order chi connectivity index (χ0) is 13.1. The largest absolute Gasteiger partial charge is 0.389 e. The van der Waals surface area contributed by atoms with Crippen molar-refractivity contribution in [1.29, 1.82) is 0 Å². The minimum atomic E-state index is 0.341. The highest BCUT2D eigenvalue weighted by Crippen LogP contribution is 2.26. The van der Waals surface area contributed by atoms with Crippen LogP contribution in [0.25, 0.3) is 0 Å². The lowest BCUT2D eigenvalue weighted by Crippen LogP contribution is -2.09. The maximum absolute atomic E-state index is 6.14. The van der Waals surface area contributed by atoms with Gasteiger partial charge in [-0.2, -0.15) is 0 Å². The van der Waals surface area contributed by atoms with Crippen molar-refractivity contribution in [2.24, 2.45) is 5.73 Å². The van der Waals surface area contributed by atoms with Crippen molar-refractivity contribution in [1.82, 2.24) is 0 Å². The molecule has 0 amide bonds. The summed E-state index contributed by atoms with van der Waals surface area (Å²) in [6.45, 7) is 0.684. The molecular weight excluding hydrogens is 307 g/mol. The Morgan fingerprint density at radius 2 is 2.06 bits per heavy atom. The summed E-state index contributed by atoms with van der Waals surface area (Å²) in [4.78, 5) is 1.49. The highest BCUT2D eigenvalue weighted by molar-refractivity contribution is 7.80. The molecule has 0 aliphatic heterocycles. The van der Waals surface area contributed by atoms with Crippen molar-refractivity contribution in [2.75, 3.05) is 5.32 Å². The van der Waals surface area contributed by atoms with Crippen LogP contribution in [0.4, 0.5) is 5.69 Å². The lowest BCUT2D eigenvalue weighted by atomic mass is 10.2. The number of rotatable bonds is 4. The Balaban J connectivity index is 2.08. The van der Waals surface area contributed by atoms with E-state index in [4.69, 9.17) is 41.2 Å². The van der Waals surface area contributed by atoms with Crippen LogP contribution >= 0.6 is 46.8 Å². The molecule has 2 nitrogen and oxygen atoms in total. The number of anilines is 1. The number of hydrogen-bond donors (Lipinski definition) is 2. The third-order valence-electron chi connectivity index (χ3n) is 2.34. The number of thiophene rings is 1. The molecule has 1 heterocycles. The smallest absolute Gasteiger partial charge is 0.104 e. The fourth-order valence-corrected chi connectivity index (χ4v) is 2.84. The van der Waals surface area contributed by atoms with E-state index in [1.807, 2.05) is 24.3 Å². The van der Waals surface area contributed by atoms with Crippen LogP contribution in [-0.2, 0) is 6.54 Å². The third-order valence-corrected chi connectivity index (χ3v) is 4.12. The van der Waals surface area contributed by atoms with Crippen LogP contribution in [0.3, 0.4) is 0 Å². The topological polar surface area (TPSA) is 38.0 Å². The molecular formula is C12H10Cl2N2S2.